The Kier molecular flexibility index (Phi) is 5.44. The fourth-order valence-electron chi connectivity index (χ4n) is 3.65. The number of methoxy groups -OCH3 is 1. The van der Waals surface area contributed by atoms with Gasteiger partial charge in [-0.3, -0.25) is 4.79 Å². The molecule has 1 aromatic heterocycles. The third-order valence-corrected chi connectivity index (χ3v) is 5.07. The van der Waals surface area contributed by atoms with E-state index >= 15 is 0 Å². The zero-order chi connectivity index (χ0) is 21.1. The molecule has 0 bridgehead atoms. The first-order chi connectivity index (χ1) is 14.4. The highest BCUT2D eigenvalue weighted by molar-refractivity contribution is 5.76. The number of amides is 1. The summed E-state index contributed by atoms with van der Waals surface area (Å²) in [7, 11) is 1.61. The van der Waals surface area contributed by atoms with Gasteiger partial charge in [-0.15, -0.1) is 0 Å². The predicted octanol–water partition coefficient (Wildman–Crippen LogP) is 4.10. The van der Waals surface area contributed by atoms with E-state index in [1.165, 1.54) is 0 Å². The molecule has 30 heavy (non-hydrogen) atoms. The molecule has 0 saturated heterocycles. The van der Waals surface area contributed by atoms with Gasteiger partial charge in [0.05, 0.1) is 13.2 Å². The number of hydrogen-bond acceptors (Lipinski definition) is 6. The van der Waals surface area contributed by atoms with Crippen LogP contribution in [0.3, 0.4) is 0 Å². The van der Waals surface area contributed by atoms with Crippen LogP contribution in [0.2, 0.25) is 0 Å². The lowest BCUT2D eigenvalue weighted by atomic mass is 9.89. The lowest BCUT2D eigenvalue weighted by Gasteiger charge is -2.37. The molecule has 156 valence electrons. The van der Waals surface area contributed by atoms with Gasteiger partial charge in [-0.25, -0.2) is 0 Å². The number of rotatable bonds is 6. The summed E-state index contributed by atoms with van der Waals surface area (Å²) in [6.45, 7) is 4.06. The maximum absolute atomic E-state index is 12.6. The second-order valence-corrected chi connectivity index (χ2v) is 7.97. The van der Waals surface area contributed by atoms with Gasteiger partial charge in [-0.2, -0.15) is 4.98 Å². The van der Waals surface area contributed by atoms with Crippen molar-refractivity contribution in [3.05, 3.63) is 60.0 Å². The fourth-order valence-corrected chi connectivity index (χ4v) is 3.65. The first-order valence-corrected chi connectivity index (χ1v) is 9.98. The van der Waals surface area contributed by atoms with E-state index in [1.54, 1.807) is 7.11 Å². The molecule has 0 fully saturated rings. The smallest absolute Gasteiger partial charge is 0.227 e. The normalized spacial score (nSPS) is 17.0. The third-order valence-electron chi connectivity index (χ3n) is 5.07. The van der Waals surface area contributed by atoms with Gasteiger partial charge in [-0.1, -0.05) is 35.5 Å². The van der Waals surface area contributed by atoms with Crippen molar-refractivity contribution in [2.75, 3.05) is 7.11 Å². The molecule has 0 aliphatic carbocycles. The Morgan fingerprint density at radius 2 is 2.07 bits per heavy atom. The molecule has 1 aliphatic heterocycles. The van der Waals surface area contributed by atoms with Gasteiger partial charge in [-0.05, 0) is 32.0 Å². The summed E-state index contributed by atoms with van der Waals surface area (Å²) >= 11 is 0. The van der Waals surface area contributed by atoms with Crippen LogP contribution in [0.5, 0.6) is 11.5 Å². The third kappa shape index (κ3) is 4.45. The summed E-state index contributed by atoms with van der Waals surface area (Å²) < 4.78 is 16.6. The minimum Gasteiger partial charge on any atom is -0.497 e. The van der Waals surface area contributed by atoms with Gasteiger partial charge in [0.25, 0.3) is 0 Å². The molecule has 7 heteroatoms. The van der Waals surface area contributed by atoms with Gasteiger partial charge in [0, 0.05) is 30.4 Å². The number of aromatic nitrogens is 2. The van der Waals surface area contributed by atoms with E-state index in [1.807, 2.05) is 62.4 Å². The van der Waals surface area contributed by atoms with Crippen molar-refractivity contribution in [1.29, 1.82) is 0 Å². The van der Waals surface area contributed by atoms with E-state index in [0.717, 1.165) is 22.6 Å². The second kappa shape index (κ2) is 8.18. The highest BCUT2D eigenvalue weighted by atomic mass is 16.5. The quantitative estimate of drug-likeness (QED) is 0.662. The number of ether oxygens (including phenoxy) is 2. The fraction of sp³-hybridized carbons (Fsp3) is 0.348. The molecule has 1 aliphatic rings. The Hall–Kier alpha value is -3.35. The zero-order valence-corrected chi connectivity index (χ0v) is 17.3. The number of nitrogens with zero attached hydrogens (tertiary/aromatic N) is 2. The summed E-state index contributed by atoms with van der Waals surface area (Å²) in [5.74, 6) is 2.38. The lowest BCUT2D eigenvalue weighted by Crippen LogP contribution is -2.41. The monoisotopic (exact) mass is 407 g/mol. The van der Waals surface area contributed by atoms with E-state index in [0.29, 0.717) is 24.6 Å². The topological polar surface area (TPSA) is 86.5 Å². The first-order valence-electron chi connectivity index (χ1n) is 9.98. The molecule has 3 aromatic rings. The Balaban J connectivity index is 1.38. The molecule has 1 atom stereocenters. The van der Waals surface area contributed by atoms with E-state index in [9.17, 15) is 4.79 Å². The van der Waals surface area contributed by atoms with Crippen molar-refractivity contribution in [3.8, 4) is 22.9 Å². The van der Waals surface area contributed by atoms with E-state index in [-0.39, 0.29) is 24.0 Å². The second-order valence-electron chi connectivity index (χ2n) is 7.97. The largest absolute Gasteiger partial charge is 0.497 e. The summed E-state index contributed by atoms with van der Waals surface area (Å²) in [4.78, 5) is 17.0. The predicted molar refractivity (Wildman–Crippen MR) is 111 cm³/mol. The van der Waals surface area contributed by atoms with Crippen molar-refractivity contribution in [2.24, 2.45) is 0 Å². The van der Waals surface area contributed by atoms with Crippen LogP contribution in [0, 0.1) is 0 Å². The number of carbonyl (C=O) groups excluding carboxylic acids is 1. The van der Waals surface area contributed by atoms with Gasteiger partial charge in [0.15, 0.2) is 0 Å². The zero-order valence-electron chi connectivity index (χ0n) is 17.3. The van der Waals surface area contributed by atoms with E-state index in [4.69, 9.17) is 14.0 Å². The van der Waals surface area contributed by atoms with Crippen molar-refractivity contribution >= 4 is 5.91 Å². The van der Waals surface area contributed by atoms with E-state index in [2.05, 4.69) is 15.5 Å². The maximum Gasteiger partial charge on any atom is 0.227 e. The minimum absolute atomic E-state index is 0.0615. The minimum atomic E-state index is -0.343. The highest BCUT2D eigenvalue weighted by Gasteiger charge is 2.34. The number of benzene rings is 2. The molecule has 7 nitrogen and oxygen atoms in total. The Labute approximate surface area is 175 Å². The van der Waals surface area contributed by atoms with Crippen LogP contribution in [0.15, 0.2) is 53.1 Å². The molecule has 0 radical (unpaired) electrons. The summed E-state index contributed by atoms with van der Waals surface area (Å²) in [6.07, 6.45) is 1.34. The van der Waals surface area contributed by atoms with Gasteiger partial charge in [0.2, 0.25) is 17.6 Å². The van der Waals surface area contributed by atoms with Crippen molar-refractivity contribution < 1.29 is 18.8 Å². The van der Waals surface area contributed by atoms with E-state index < -0.39 is 0 Å². The summed E-state index contributed by atoms with van der Waals surface area (Å²) in [6, 6.07) is 15.2. The summed E-state index contributed by atoms with van der Waals surface area (Å²) in [5, 5.41) is 7.14. The molecule has 0 saturated carbocycles. The van der Waals surface area contributed by atoms with Crippen LogP contribution in [0.4, 0.5) is 0 Å². The van der Waals surface area contributed by atoms with Crippen LogP contribution in [-0.2, 0) is 11.2 Å². The first kappa shape index (κ1) is 19.9. The molecular weight excluding hydrogens is 382 g/mol. The number of hydrogen-bond donors (Lipinski definition) is 1. The van der Waals surface area contributed by atoms with Crippen molar-refractivity contribution in [2.45, 2.75) is 44.8 Å². The molecule has 0 unspecified atom stereocenters. The van der Waals surface area contributed by atoms with Crippen LogP contribution in [0.25, 0.3) is 11.4 Å². The molecule has 0 spiro atoms. The molecule has 1 amide bonds. The summed E-state index contributed by atoms with van der Waals surface area (Å²) in [5.41, 5.74) is 1.46. The van der Waals surface area contributed by atoms with Gasteiger partial charge >= 0.3 is 0 Å². The molecule has 2 heterocycles. The highest BCUT2D eigenvalue weighted by Crippen LogP contribution is 2.39. The Morgan fingerprint density at radius 3 is 2.90 bits per heavy atom. The number of carbonyl (C=O) groups is 1. The van der Waals surface area contributed by atoms with Crippen molar-refractivity contribution in [1.82, 2.24) is 15.5 Å². The van der Waals surface area contributed by atoms with Crippen LogP contribution < -0.4 is 14.8 Å². The Bertz CT molecular complexity index is 1040. The molecular formula is C23H25N3O4. The number of nitrogens with one attached hydrogen (secondary N) is 1. The van der Waals surface area contributed by atoms with Crippen LogP contribution in [-0.4, -0.2) is 28.8 Å². The Morgan fingerprint density at radius 1 is 1.23 bits per heavy atom. The van der Waals surface area contributed by atoms with Crippen molar-refractivity contribution in [3.63, 3.8) is 0 Å². The number of fused-ring (bicyclic) bond motifs is 1. The van der Waals surface area contributed by atoms with Crippen LogP contribution in [0.1, 0.15) is 44.2 Å². The molecule has 2 aromatic carbocycles. The van der Waals surface area contributed by atoms with Crippen LogP contribution >= 0.6 is 0 Å². The molecule has 1 N–H and O–H groups in total. The average molecular weight is 407 g/mol. The average Bonchev–Trinajstić information content (AvgIpc) is 3.21. The molecule has 4 rings (SSSR count). The lowest BCUT2D eigenvalue weighted by molar-refractivity contribution is -0.122. The van der Waals surface area contributed by atoms with Gasteiger partial charge in [0.1, 0.15) is 17.1 Å². The van der Waals surface area contributed by atoms with Gasteiger partial charge < -0.3 is 19.3 Å². The number of aryl methyl sites for hydroxylation is 1. The number of para-hydroxylation sites is 1. The SMILES string of the molecule is COc1cccc(-c2noc(CCC(=O)N[C@H]3CC(C)(C)Oc4ccccc43)n2)c1. The maximum atomic E-state index is 12.6. The standard InChI is InChI=1S/C23H25N3O4/c1-23(2)14-18(17-9-4-5-10-19(17)29-23)24-20(27)11-12-21-25-22(26-30-21)15-7-6-8-16(13-15)28-3/h4-10,13,18H,11-12,14H2,1-3H3,(H,24,27)/t18-/m0/s1.